The Bertz CT molecular complexity index is 1130. The maximum Gasteiger partial charge on any atom is 0.338 e. The summed E-state index contributed by atoms with van der Waals surface area (Å²) in [7, 11) is 0. The van der Waals surface area contributed by atoms with Gasteiger partial charge in [-0.3, -0.25) is 0 Å². The van der Waals surface area contributed by atoms with Gasteiger partial charge in [0.15, 0.2) is 11.5 Å². The Kier molecular flexibility index (Phi) is 8.17. The number of esters is 2. The lowest BCUT2D eigenvalue weighted by molar-refractivity contribution is -0.132. The summed E-state index contributed by atoms with van der Waals surface area (Å²) in [4.78, 5) is 23.8. The average molecular weight is 432 g/mol. The van der Waals surface area contributed by atoms with Crippen molar-refractivity contribution in [2.24, 2.45) is 0 Å². The van der Waals surface area contributed by atoms with E-state index in [1.165, 1.54) is 26.0 Å². The molecule has 1 unspecified atom stereocenters. The molecule has 0 saturated heterocycles. The van der Waals surface area contributed by atoms with Crippen molar-refractivity contribution in [2.45, 2.75) is 27.1 Å². The van der Waals surface area contributed by atoms with Gasteiger partial charge in [0.2, 0.25) is 6.29 Å². The molecule has 1 N–H and O–H groups in total. The van der Waals surface area contributed by atoms with Gasteiger partial charge in [0.1, 0.15) is 5.75 Å². The van der Waals surface area contributed by atoms with Gasteiger partial charge in [0.05, 0.1) is 0 Å². The third kappa shape index (κ3) is 7.01. The van der Waals surface area contributed by atoms with Crippen LogP contribution in [0, 0.1) is 11.8 Å². The number of benzene rings is 2. The van der Waals surface area contributed by atoms with Crippen molar-refractivity contribution < 1.29 is 28.9 Å². The van der Waals surface area contributed by atoms with Crippen LogP contribution in [0.25, 0.3) is 0 Å². The van der Waals surface area contributed by atoms with Crippen LogP contribution in [-0.4, -0.2) is 23.3 Å². The van der Waals surface area contributed by atoms with E-state index in [0.29, 0.717) is 22.4 Å². The van der Waals surface area contributed by atoms with Crippen molar-refractivity contribution in [1.29, 1.82) is 0 Å². The van der Waals surface area contributed by atoms with Crippen LogP contribution in [0.1, 0.15) is 31.9 Å². The van der Waals surface area contributed by atoms with Crippen LogP contribution in [0.4, 0.5) is 0 Å². The Balaban J connectivity index is 2.27. The maximum absolute atomic E-state index is 12.0. The number of aliphatic hydroxyl groups excluding tert-OH is 1. The summed E-state index contributed by atoms with van der Waals surface area (Å²) in [5.41, 5.74) is 2.12. The van der Waals surface area contributed by atoms with Gasteiger partial charge in [-0.05, 0) is 62.7 Å². The highest BCUT2D eigenvalue weighted by atomic mass is 16.6. The number of aliphatic hydroxyl groups is 1. The Hall–Kier alpha value is -4.08. The van der Waals surface area contributed by atoms with Crippen LogP contribution in [0.15, 0.2) is 78.9 Å². The second kappa shape index (κ2) is 10.8. The molecule has 0 radical (unpaired) electrons. The minimum atomic E-state index is -1.08. The molecule has 0 bridgehead atoms. The summed E-state index contributed by atoms with van der Waals surface area (Å²) < 4.78 is 15.9. The highest BCUT2D eigenvalue weighted by Gasteiger charge is 2.15. The molecule has 0 heterocycles. The number of hydrogen-bond acceptors (Lipinski definition) is 6. The number of rotatable bonds is 7. The molecular weight excluding hydrogens is 408 g/mol. The fraction of sp³-hybridized carbons (Fsp3) is 0.154. The normalized spacial score (nSPS) is 10.8. The van der Waals surface area contributed by atoms with E-state index in [4.69, 9.17) is 14.2 Å². The standard InChI is InChI=1S/C26H24O6/c1-16(2)24(27)30-21-12-9-19(10-13-21)7-8-20-11-14-22(31-25(28)17(3)4)23(15-20)32-26(29)18(5)6/h9-15,24,27H,1,3,5H2,2,4,6H3. The molecule has 0 spiro atoms. The summed E-state index contributed by atoms with van der Waals surface area (Å²) in [6.07, 6.45) is -1.08. The van der Waals surface area contributed by atoms with Crippen molar-refractivity contribution in [3.63, 3.8) is 0 Å². The summed E-state index contributed by atoms with van der Waals surface area (Å²) >= 11 is 0. The van der Waals surface area contributed by atoms with Crippen LogP contribution >= 0.6 is 0 Å². The Morgan fingerprint density at radius 2 is 1.31 bits per heavy atom. The fourth-order valence-electron chi connectivity index (χ4n) is 2.11. The predicted octanol–water partition coefficient (Wildman–Crippen LogP) is 4.32. The molecular formula is C26H24O6. The third-order valence-electron chi connectivity index (χ3n) is 3.92. The first-order chi connectivity index (χ1) is 15.1. The van der Waals surface area contributed by atoms with Crippen molar-refractivity contribution >= 4 is 11.9 Å². The second-order valence-corrected chi connectivity index (χ2v) is 7.09. The van der Waals surface area contributed by atoms with Gasteiger partial charge < -0.3 is 19.3 Å². The molecule has 0 saturated carbocycles. The lowest BCUT2D eigenvalue weighted by Crippen LogP contribution is -2.15. The van der Waals surface area contributed by atoms with E-state index in [0.717, 1.165) is 0 Å². The van der Waals surface area contributed by atoms with Gasteiger partial charge in [-0.25, -0.2) is 9.59 Å². The zero-order valence-electron chi connectivity index (χ0n) is 18.2. The first-order valence-electron chi connectivity index (χ1n) is 9.58. The Morgan fingerprint density at radius 1 is 0.812 bits per heavy atom. The average Bonchev–Trinajstić information content (AvgIpc) is 2.74. The highest BCUT2D eigenvalue weighted by Crippen LogP contribution is 2.29. The monoisotopic (exact) mass is 432 g/mol. The van der Waals surface area contributed by atoms with Gasteiger partial charge >= 0.3 is 11.9 Å². The van der Waals surface area contributed by atoms with Crippen molar-refractivity contribution in [3.05, 3.63) is 90.0 Å². The maximum atomic E-state index is 12.0. The van der Waals surface area contributed by atoms with Gasteiger partial charge in [-0.15, -0.1) is 0 Å². The minimum Gasteiger partial charge on any atom is -0.461 e. The zero-order valence-corrected chi connectivity index (χ0v) is 18.2. The molecule has 0 fully saturated rings. The predicted molar refractivity (Wildman–Crippen MR) is 121 cm³/mol. The summed E-state index contributed by atoms with van der Waals surface area (Å²) in [5.74, 6) is 5.22. The summed E-state index contributed by atoms with van der Waals surface area (Å²) in [6, 6.07) is 11.4. The molecule has 0 aromatic heterocycles. The molecule has 164 valence electrons. The SMILES string of the molecule is C=C(C)C(=O)Oc1ccc(C#Cc2ccc(OC(O)C(=C)C)cc2)cc1OC(=O)C(=C)C. The molecule has 32 heavy (non-hydrogen) atoms. The topological polar surface area (TPSA) is 82.1 Å². The van der Waals surface area contributed by atoms with Crippen molar-refractivity contribution in [2.75, 3.05) is 0 Å². The molecule has 6 nitrogen and oxygen atoms in total. The zero-order chi connectivity index (χ0) is 23.8. The van der Waals surface area contributed by atoms with E-state index in [1.807, 2.05) is 0 Å². The molecule has 0 amide bonds. The molecule has 2 aromatic carbocycles. The van der Waals surface area contributed by atoms with Crippen molar-refractivity contribution in [3.8, 4) is 29.1 Å². The molecule has 1 atom stereocenters. The van der Waals surface area contributed by atoms with Crippen molar-refractivity contribution in [1.82, 2.24) is 0 Å². The van der Waals surface area contributed by atoms with E-state index in [-0.39, 0.29) is 22.6 Å². The van der Waals surface area contributed by atoms with E-state index in [1.54, 1.807) is 37.3 Å². The second-order valence-electron chi connectivity index (χ2n) is 7.09. The number of carbonyl (C=O) groups is 2. The third-order valence-corrected chi connectivity index (χ3v) is 3.92. The summed E-state index contributed by atoms with van der Waals surface area (Å²) in [5, 5.41) is 9.70. The van der Waals surface area contributed by atoms with Crippen LogP contribution in [0.5, 0.6) is 17.2 Å². The fourth-order valence-corrected chi connectivity index (χ4v) is 2.11. The molecule has 2 aromatic rings. The molecule has 6 heteroatoms. The van der Waals surface area contributed by atoms with Gasteiger partial charge in [-0.1, -0.05) is 31.6 Å². The van der Waals surface area contributed by atoms with Gasteiger partial charge in [0.25, 0.3) is 0 Å². The molecule has 0 aliphatic carbocycles. The highest BCUT2D eigenvalue weighted by molar-refractivity contribution is 5.91. The molecule has 2 rings (SSSR count). The Labute approximate surface area is 187 Å². The smallest absolute Gasteiger partial charge is 0.338 e. The minimum absolute atomic E-state index is 0.0388. The van der Waals surface area contributed by atoms with E-state index < -0.39 is 18.2 Å². The van der Waals surface area contributed by atoms with E-state index in [2.05, 4.69) is 31.6 Å². The Morgan fingerprint density at radius 3 is 1.84 bits per heavy atom. The first kappa shape index (κ1) is 24.2. The van der Waals surface area contributed by atoms with Gasteiger partial charge in [-0.2, -0.15) is 0 Å². The lowest BCUT2D eigenvalue weighted by atomic mass is 10.1. The number of carbonyl (C=O) groups excluding carboxylic acids is 2. The van der Waals surface area contributed by atoms with E-state index in [9.17, 15) is 14.7 Å². The van der Waals surface area contributed by atoms with Crippen LogP contribution in [0.2, 0.25) is 0 Å². The van der Waals surface area contributed by atoms with Crippen LogP contribution in [0.3, 0.4) is 0 Å². The van der Waals surface area contributed by atoms with Gasteiger partial charge in [0, 0.05) is 28.3 Å². The first-order valence-corrected chi connectivity index (χ1v) is 9.58. The quantitative estimate of drug-likeness (QED) is 0.175. The molecule has 0 aliphatic heterocycles. The number of hydrogen-bond donors (Lipinski definition) is 1. The van der Waals surface area contributed by atoms with E-state index >= 15 is 0 Å². The largest absolute Gasteiger partial charge is 0.461 e. The van der Waals surface area contributed by atoms with Crippen LogP contribution < -0.4 is 14.2 Å². The van der Waals surface area contributed by atoms with Crippen LogP contribution in [-0.2, 0) is 9.59 Å². The summed E-state index contributed by atoms with van der Waals surface area (Å²) in [6.45, 7) is 15.4. The lowest BCUT2D eigenvalue weighted by Gasteiger charge is -2.12. The number of ether oxygens (including phenoxy) is 3. The molecule has 0 aliphatic rings.